The lowest BCUT2D eigenvalue weighted by Gasteiger charge is -1.95. The largest absolute Gasteiger partial charge is 0.375 e. The van der Waals surface area contributed by atoms with Gasteiger partial charge in [0.05, 0.1) is 10.6 Å². The first-order valence-electron chi connectivity index (χ1n) is 5.25. The number of aryl methyl sites for hydroxylation is 3. The first-order valence-corrected chi connectivity index (χ1v) is 6.06. The smallest absolute Gasteiger partial charge is 0.180 e. The van der Waals surface area contributed by atoms with Gasteiger partial charge in [0.15, 0.2) is 16.8 Å². The van der Waals surface area contributed by atoms with Crippen LogP contribution in [-0.2, 0) is 13.5 Å². The van der Waals surface area contributed by atoms with Crippen molar-refractivity contribution in [3.63, 3.8) is 0 Å². The number of nitrogens with zero attached hydrogens (tertiary/aromatic N) is 4. The molecule has 2 aromatic rings. The number of anilines is 1. The standard InChI is InChI=1S/C10H15N5S/c1-4-5-7-13-9(15(3)14-7)8-6(2)12-10(11)16-8/h4-5H2,1-3H3,(H2,11,12). The van der Waals surface area contributed by atoms with Gasteiger partial charge >= 0.3 is 0 Å². The normalized spacial score (nSPS) is 10.9. The van der Waals surface area contributed by atoms with Crippen molar-refractivity contribution in [2.24, 2.45) is 7.05 Å². The molecule has 0 saturated heterocycles. The van der Waals surface area contributed by atoms with Crippen molar-refractivity contribution < 1.29 is 0 Å². The van der Waals surface area contributed by atoms with Crippen LogP contribution in [0.3, 0.4) is 0 Å². The van der Waals surface area contributed by atoms with E-state index in [2.05, 4.69) is 22.0 Å². The summed E-state index contributed by atoms with van der Waals surface area (Å²) in [4.78, 5) is 9.72. The summed E-state index contributed by atoms with van der Waals surface area (Å²) in [7, 11) is 1.90. The van der Waals surface area contributed by atoms with E-state index in [0.29, 0.717) is 5.13 Å². The Morgan fingerprint density at radius 1 is 1.38 bits per heavy atom. The SMILES string of the molecule is CCCc1nc(-c2sc(N)nc2C)n(C)n1. The van der Waals surface area contributed by atoms with Crippen molar-refractivity contribution >= 4 is 16.5 Å². The molecule has 0 saturated carbocycles. The molecule has 86 valence electrons. The Morgan fingerprint density at radius 2 is 2.12 bits per heavy atom. The molecule has 2 aromatic heterocycles. The van der Waals surface area contributed by atoms with E-state index in [1.807, 2.05) is 14.0 Å². The van der Waals surface area contributed by atoms with Crippen LogP contribution < -0.4 is 5.73 Å². The van der Waals surface area contributed by atoms with Crippen molar-refractivity contribution in [1.29, 1.82) is 0 Å². The van der Waals surface area contributed by atoms with Gasteiger partial charge in [-0.25, -0.2) is 14.6 Å². The number of thiazole rings is 1. The second-order valence-electron chi connectivity index (χ2n) is 3.69. The average Bonchev–Trinajstić information content (AvgIpc) is 2.70. The number of hydrogen-bond acceptors (Lipinski definition) is 5. The first-order chi connectivity index (χ1) is 7.61. The fraction of sp³-hybridized carbons (Fsp3) is 0.500. The Morgan fingerprint density at radius 3 is 2.69 bits per heavy atom. The molecule has 0 aliphatic carbocycles. The Bertz CT molecular complexity index is 499. The van der Waals surface area contributed by atoms with Crippen molar-refractivity contribution in [2.75, 3.05) is 5.73 Å². The fourth-order valence-corrected chi connectivity index (χ4v) is 2.44. The maximum atomic E-state index is 5.68. The molecule has 2 N–H and O–H groups in total. The van der Waals surface area contributed by atoms with E-state index in [1.165, 1.54) is 11.3 Å². The summed E-state index contributed by atoms with van der Waals surface area (Å²) in [5, 5.41) is 4.95. The van der Waals surface area contributed by atoms with Crippen molar-refractivity contribution in [3.05, 3.63) is 11.5 Å². The lowest BCUT2D eigenvalue weighted by molar-refractivity contribution is 0.738. The monoisotopic (exact) mass is 237 g/mol. The summed E-state index contributed by atoms with van der Waals surface area (Å²) in [5.74, 6) is 1.74. The molecule has 2 heterocycles. The third-order valence-electron chi connectivity index (χ3n) is 2.30. The Hall–Kier alpha value is -1.43. The second kappa shape index (κ2) is 4.21. The molecule has 0 amide bonds. The van der Waals surface area contributed by atoms with Gasteiger partial charge in [0.2, 0.25) is 0 Å². The summed E-state index contributed by atoms with van der Waals surface area (Å²) >= 11 is 1.46. The van der Waals surface area contributed by atoms with Crippen LogP contribution in [-0.4, -0.2) is 19.7 Å². The maximum absolute atomic E-state index is 5.68. The molecule has 0 aliphatic rings. The van der Waals surface area contributed by atoms with E-state index in [0.717, 1.165) is 35.1 Å². The van der Waals surface area contributed by atoms with E-state index in [-0.39, 0.29) is 0 Å². The highest BCUT2D eigenvalue weighted by molar-refractivity contribution is 7.18. The lowest BCUT2D eigenvalue weighted by Crippen LogP contribution is -1.94. The Balaban J connectivity index is 2.43. The van der Waals surface area contributed by atoms with Crippen LogP contribution in [0, 0.1) is 6.92 Å². The van der Waals surface area contributed by atoms with Gasteiger partial charge in [-0.2, -0.15) is 5.10 Å². The molecule has 0 aliphatic heterocycles. The summed E-state index contributed by atoms with van der Waals surface area (Å²) in [6.07, 6.45) is 1.95. The first kappa shape index (κ1) is 11.1. The molecule has 5 nitrogen and oxygen atoms in total. The minimum atomic E-state index is 0.576. The van der Waals surface area contributed by atoms with Gasteiger partial charge in [-0.05, 0) is 13.3 Å². The van der Waals surface area contributed by atoms with Crippen LogP contribution in [0.4, 0.5) is 5.13 Å². The third-order valence-corrected chi connectivity index (χ3v) is 3.28. The van der Waals surface area contributed by atoms with E-state index < -0.39 is 0 Å². The minimum Gasteiger partial charge on any atom is -0.375 e. The van der Waals surface area contributed by atoms with Gasteiger partial charge in [0.25, 0.3) is 0 Å². The van der Waals surface area contributed by atoms with Crippen LogP contribution in [0.25, 0.3) is 10.7 Å². The van der Waals surface area contributed by atoms with Gasteiger partial charge in [0.1, 0.15) is 0 Å². The van der Waals surface area contributed by atoms with E-state index in [1.54, 1.807) is 4.68 Å². The molecule has 0 fully saturated rings. The highest BCUT2D eigenvalue weighted by atomic mass is 32.1. The van der Waals surface area contributed by atoms with Crippen LogP contribution in [0.5, 0.6) is 0 Å². The zero-order valence-electron chi connectivity index (χ0n) is 9.69. The summed E-state index contributed by atoms with van der Waals surface area (Å²) in [6.45, 7) is 4.06. The van der Waals surface area contributed by atoms with E-state index in [9.17, 15) is 0 Å². The molecule has 16 heavy (non-hydrogen) atoms. The lowest BCUT2D eigenvalue weighted by atomic mass is 10.3. The molecule has 0 unspecified atom stereocenters. The molecule has 0 atom stereocenters. The van der Waals surface area contributed by atoms with Gasteiger partial charge in [-0.1, -0.05) is 18.3 Å². The van der Waals surface area contributed by atoms with Crippen molar-refractivity contribution in [3.8, 4) is 10.7 Å². The highest BCUT2D eigenvalue weighted by Gasteiger charge is 2.14. The Kier molecular flexibility index (Phi) is 2.91. The fourth-order valence-electron chi connectivity index (χ4n) is 1.59. The molecule has 6 heteroatoms. The molecular formula is C10H15N5S. The van der Waals surface area contributed by atoms with Gasteiger partial charge in [-0.3, -0.25) is 0 Å². The quantitative estimate of drug-likeness (QED) is 0.883. The summed E-state index contributed by atoms with van der Waals surface area (Å²) in [6, 6.07) is 0. The molecule has 0 radical (unpaired) electrons. The Labute approximate surface area is 98.3 Å². The highest BCUT2D eigenvalue weighted by Crippen LogP contribution is 2.29. The topological polar surface area (TPSA) is 69.6 Å². The van der Waals surface area contributed by atoms with Gasteiger partial charge in [0, 0.05) is 13.5 Å². The van der Waals surface area contributed by atoms with Crippen LogP contribution in [0.15, 0.2) is 0 Å². The zero-order valence-corrected chi connectivity index (χ0v) is 10.5. The molecule has 2 rings (SSSR count). The van der Waals surface area contributed by atoms with Crippen molar-refractivity contribution in [2.45, 2.75) is 26.7 Å². The van der Waals surface area contributed by atoms with Gasteiger partial charge < -0.3 is 5.73 Å². The van der Waals surface area contributed by atoms with E-state index >= 15 is 0 Å². The number of aromatic nitrogens is 4. The number of hydrogen-bond donors (Lipinski definition) is 1. The van der Waals surface area contributed by atoms with Crippen LogP contribution in [0.1, 0.15) is 24.9 Å². The second-order valence-corrected chi connectivity index (χ2v) is 4.72. The number of rotatable bonds is 3. The average molecular weight is 237 g/mol. The predicted octanol–water partition coefficient (Wildman–Crippen LogP) is 1.78. The number of nitrogens with two attached hydrogens (primary N) is 1. The maximum Gasteiger partial charge on any atom is 0.180 e. The third kappa shape index (κ3) is 1.92. The summed E-state index contributed by atoms with van der Waals surface area (Å²) < 4.78 is 1.80. The zero-order chi connectivity index (χ0) is 11.7. The minimum absolute atomic E-state index is 0.576. The predicted molar refractivity (Wildman–Crippen MR) is 65.3 cm³/mol. The van der Waals surface area contributed by atoms with Gasteiger partial charge in [-0.15, -0.1) is 0 Å². The summed E-state index contributed by atoms with van der Waals surface area (Å²) in [5.41, 5.74) is 6.60. The van der Waals surface area contributed by atoms with Crippen LogP contribution >= 0.6 is 11.3 Å². The number of nitrogen functional groups attached to an aromatic ring is 1. The van der Waals surface area contributed by atoms with Crippen molar-refractivity contribution in [1.82, 2.24) is 19.7 Å². The molecule has 0 aromatic carbocycles. The molecule has 0 spiro atoms. The van der Waals surface area contributed by atoms with E-state index in [4.69, 9.17) is 5.73 Å². The molecule has 0 bridgehead atoms. The van der Waals surface area contributed by atoms with Crippen LogP contribution in [0.2, 0.25) is 0 Å². The molecular weight excluding hydrogens is 222 g/mol.